The Kier molecular flexibility index (Phi) is 4.78. The highest BCUT2D eigenvalue weighted by Crippen LogP contribution is 2.20. The first-order valence-electron chi connectivity index (χ1n) is 4.89. The zero-order valence-corrected chi connectivity index (χ0v) is 7.92. The van der Waals surface area contributed by atoms with E-state index in [1.807, 2.05) is 0 Å². The van der Waals surface area contributed by atoms with E-state index in [0.29, 0.717) is 19.3 Å². The van der Waals surface area contributed by atoms with Crippen molar-refractivity contribution in [2.75, 3.05) is 19.7 Å². The van der Waals surface area contributed by atoms with E-state index >= 15 is 0 Å². The summed E-state index contributed by atoms with van der Waals surface area (Å²) in [5.74, 6) is -0.319. The summed E-state index contributed by atoms with van der Waals surface area (Å²) in [6, 6.07) is 0. The van der Waals surface area contributed by atoms with Gasteiger partial charge in [-0.25, -0.2) is 0 Å². The summed E-state index contributed by atoms with van der Waals surface area (Å²) in [6.07, 6.45) is 5.42. The molecule has 0 unspecified atom stereocenters. The van der Waals surface area contributed by atoms with E-state index < -0.39 is 0 Å². The Balaban J connectivity index is 1.86. The minimum Gasteiger partial charge on any atom is -0.377 e. The van der Waals surface area contributed by atoms with Crippen LogP contribution in [0.15, 0.2) is 0 Å². The summed E-state index contributed by atoms with van der Waals surface area (Å²) >= 11 is 0. The summed E-state index contributed by atoms with van der Waals surface area (Å²) in [6.45, 7) is 1.63. The van der Waals surface area contributed by atoms with Crippen LogP contribution in [0.3, 0.4) is 0 Å². The first-order chi connectivity index (χ1) is 6.29. The lowest BCUT2D eigenvalue weighted by Gasteiger charge is -2.10. The van der Waals surface area contributed by atoms with Gasteiger partial charge in [0.25, 0.3) is 0 Å². The van der Waals surface area contributed by atoms with Crippen molar-refractivity contribution in [2.45, 2.75) is 31.8 Å². The van der Waals surface area contributed by atoms with E-state index in [1.165, 1.54) is 25.7 Å². The Labute approximate surface area is 78.8 Å². The van der Waals surface area contributed by atoms with Crippen molar-refractivity contribution in [1.82, 2.24) is 5.32 Å². The van der Waals surface area contributed by atoms with E-state index in [4.69, 9.17) is 10.5 Å². The quantitative estimate of drug-likeness (QED) is 0.575. The smallest absolute Gasteiger partial charge is 0.231 e. The first-order valence-corrected chi connectivity index (χ1v) is 4.89. The third-order valence-electron chi connectivity index (χ3n) is 2.23. The van der Waals surface area contributed by atoms with Crippen molar-refractivity contribution in [3.8, 4) is 0 Å². The molecule has 0 aromatic carbocycles. The molecule has 1 aliphatic carbocycles. The molecule has 1 rings (SSSR count). The molecule has 3 N–H and O–H groups in total. The number of hydrogen-bond donors (Lipinski definition) is 2. The third kappa shape index (κ3) is 4.85. The van der Waals surface area contributed by atoms with Crippen LogP contribution in [-0.4, -0.2) is 31.7 Å². The van der Waals surface area contributed by atoms with Gasteiger partial charge in [-0.3, -0.25) is 4.79 Å². The summed E-state index contributed by atoms with van der Waals surface area (Å²) < 4.78 is 5.57. The molecule has 1 fully saturated rings. The number of nitrogens with one attached hydrogen (secondary N) is 1. The van der Waals surface area contributed by atoms with Crippen molar-refractivity contribution in [3.63, 3.8) is 0 Å². The maximum absolute atomic E-state index is 10.3. The molecule has 1 saturated carbocycles. The lowest BCUT2D eigenvalue weighted by atomic mass is 10.3. The molecule has 0 spiro atoms. The van der Waals surface area contributed by atoms with E-state index in [2.05, 4.69) is 5.32 Å². The standard InChI is InChI=1S/C9H18N2O2/c10-9(12)7-11-5-6-13-8-3-1-2-4-8/h8,11H,1-7H2,(H2,10,12). The number of rotatable bonds is 6. The minimum absolute atomic E-state index is 0.244. The van der Waals surface area contributed by atoms with E-state index in [-0.39, 0.29) is 12.5 Å². The molecule has 76 valence electrons. The second-order valence-electron chi connectivity index (χ2n) is 3.42. The van der Waals surface area contributed by atoms with Crippen LogP contribution in [0.2, 0.25) is 0 Å². The predicted octanol–water partition coefficient (Wildman–Crippen LogP) is 0.0205. The Morgan fingerprint density at radius 2 is 2.15 bits per heavy atom. The molecule has 0 aromatic rings. The Hall–Kier alpha value is -0.610. The highest BCUT2D eigenvalue weighted by Gasteiger charge is 2.14. The summed E-state index contributed by atoms with van der Waals surface area (Å²) in [5, 5.41) is 2.91. The van der Waals surface area contributed by atoms with Crippen LogP contribution in [0.25, 0.3) is 0 Å². The highest BCUT2D eigenvalue weighted by molar-refractivity contribution is 5.75. The number of hydrogen-bond acceptors (Lipinski definition) is 3. The van der Waals surface area contributed by atoms with Crippen molar-refractivity contribution in [1.29, 1.82) is 0 Å². The monoisotopic (exact) mass is 186 g/mol. The van der Waals surface area contributed by atoms with Gasteiger partial charge in [0.1, 0.15) is 0 Å². The van der Waals surface area contributed by atoms with Gasteiger partial charge in [0.2, 0.25) is 5.91 Å². The van der Waals surface area contributed by atoms with Gasteiger partial charge in [-0.05, 0) is 12.8 Å². The van der Waals surface area contributed by atoms with Gasteiger partial charge >= 0.3 is 0 Å². The molecule has 4 nitrogen and oxygen atoms in total. The lowest BCUT2D eigenvalue weighted by Crippen LogP contribution is -2.31. The van der Waals surface area contributed by atoms with Crippen molar-refractivity contribution in [2.24, 2.45) is 5.73 Å². The fourth-order valence-electron chi connectivity index (χ4n) is 1.56. The van der Waals surface area contributed by atoms with Gasteiger partial charge in [0.15, 0.2) is 0 Å². The average molecular weight is 186 g/mol. The average Bonchev–Trinajstić information content (AvgIpc) is 2.55. The molecule has 13 heavy (non-hydrogen) atoms. The second kappa shape index (κ2) is 5.94. The number of nitrogens with two attached hydrogens (primary N) is 1. The Morgan fingerprint density at radius 3 is 2.77 bits per heavy atom. The number of carbonyl (C=O) groups is 1. The van der Waals surface area contributed by atoms with Gasteiger partial charge in [0, 0.05) is 6.54 Å². The summed E-state index contributed by atoms with van der Waals surface area (Å²) in [7, 11) is 0. The van der Waals surface area contributed by atoms with Crippen molar-refractivity contribution < 1.29 is 9.53 Å². The Morgan fingerprint density at radius 1 is 1.46 bits per heavy atom. The van der Waals surface area contributed by atoms with Crippen molar-refractivity contribution in [3.05, 3.63) is 0 Å². The first kappa shape index (κ1) is 10.5. The normalized spacial score (nSPS) is 17.8. The molecule has 1 aliphatic rings. The van der Waals surface area contributed by atoms with Crippen LogP contribution >= 0.6 is 0 Å². The van der Waals surface area contributed by atoms with Gasteiger partial charge in [-0.1, -0.05) is 12.8 Å². The molecule has 0 aliphatic heterocycles. The van der Waals surface area contributed by atoms with Gasteiger partial charge < -0.3 is 15.8 Å². The number of primary amides is 1. The number of ether oxygens (including phenoxy) is 1. The molecule has 0 atom stereocenters. The van der Waals surface area contributed by atoms with E-state index in [0.717, 1.165) is 0 Å². The van der Waals surface area contributed by atoms with Crippen LogP contribution < -0.4 is 11.1 Å². The van der Waals surface area contributed by atoms with Crippen molar-refractivity contribution >= 4 is 5.91 Å². The van der Waals surface area contributed by atoms with Crippen LogP contribution in [-0.2, 0) is 9.53 Å². The molecule has 0 saturated heterocycles. The third-order valence-corrected chi connectivity index (χ3v) is 2.23. The minimum atomic E-state index is -0.319. The van der Waals surface area contributed by atoms with E-state index in [9.17, 15) is 4.79 Å². The van der Waals surface area contributed by atoms with Crippen LogP contribution in [0, 0.1) is 0 Å². The van der Waals surface area contributed by atoms with Gasteiger partial charge in [-0.15, -0.1) is 0 Å². The maximum atomic E-state index is 10.3. The largest absolute Gasteiger partial charge is 0.377 e. The summed E-state index contributed by atoms with van der Waals surface area (Å²) in [5.41, 5.74) is 4.95. The molecular formula is C9H18N2O2. The molecule has 0 bridgehead atoms. The van der Waals surface area contributed by atoms with E-state index in [1.54, 1.807) is 0 Å². The number of carbonyl (C=O) groups excluding carboxylic acids is 1. The highest BCUT2D eigenvalue weighted by atomic mass is 16.5. The Bertz CT molecular complexity index is 156. The lowest BCUT2D eigenvalue weighted by molar-refractivity contribution is -0.117. The molecule has 0 aromatic heterocycles. The van der Waals surface area contributed by atoms with Crippen LogP contribution in [0.4, 0.5) is 0 Å². The number of amides is 1. The van der Waals surface area contributed by atoms with Crippen LogP contribution in [0.5, 0.6) is 0 Å². The van der Waals surface area contributed by atoms with Crippen LogP contribution in [0.1, 0.15) is 25.7 Å². The van der Waals surface area contributed by atoms with Gasteiger partial charge in [-0.2, -0.15) is 0 Å². The summed E-state index contributed by atoms with van der Waals surface area (Å²) in [4.78, 5) is 10.3. The topological polar surface area (TPSA) is 64.4 Å². The predicted molar refractivity (Wildman–Crippen MR) is 50.3 cm³/mol. The maximum Gasteiger partial charge on any atom is 0.231 e. The molecular weight excluding hydrogens is 168 g/mol. The fourth-order valence-corrected chi connectivity index (χ4v) is 1.56. The molecule has 0 radical (unpaired) electrons. The zero-order chi connectivity index (χ0) is 9.52. The molecule has 4 heteroatoms. The van der Waals surface area contributed by atoms with Gasteiger partial charge in [0.05, 0.1) is 19.3 Å². The SMILES string of the molecule is NC(=O)CNCCOC1CCCC1. The molecule has 1 amide bonds. The molecule has 0 heterocycles. The zero-order valence-electron chi connectivity index (χ0n) is 7.92. The fraction of sp³-hybridized carbons (Fsp3) is 0.889. The second-order valence-corrected chi connectivity index (χ2v) is 3.42.